The second kappa shape index (κ2) is 5.43. The van der Waals surface area contributed by atoms with E-state index in [0.29, 0.717) is 26.5 Å². The number of halogens is 3. The fourth-order valence-corrected chi connectivity index (χ4v) is 3.57. The zero-order chi connectivity index (χ0) is 12.6. The molecule has 1 saturated heterocycles. The summed E-state index contributed by atoms with van der Waals surface area (Å²) >= 11 is 20.0. The summed E-state index contributed by atoms with van der Waals surface area (Å²) in [5, 5.41) is 1.82. The number of thioether (sulfide) groups is 1. The van der Waals surface area contributed by atoms with Gasteiger partial charge in [-0.05, 0) is 13.0 Å². The molecule has 1 aliphatic rings. The number of pyridine rings is 1. The Morgan fingerprint density at radius 2 is 2.00 bits per heavy atom. The molecule has 2 atom stereocenters. The molecule has 2 nitrogen and oxygen atoms in total. The normalized spacial score (nSPS) is 25.1. The van der Waals surface area contributed by atoms with Crippen LogP contribution in [0.15, 0.2) is 6.07 Å². The fraction of sp³-hybridized carbons (Fsp3) is 0.545. The van der Waals surface area contributed by atoms with Crippen LogP contribution in [0, 0.1) is 0 Å². The van der Waals surface area contributed by atoms with E-state index in [2.05, 4.69) is 23.7 Å². The minimum atomic E-state index is 0.309. The van der Waals surface area contributed by atoms with Crippen molar-refractivity contribution in [3.8, 4) is 0 Å². The number of aromatic nitrogens is 1. The van der Waals surface area contributed by atoms with Gasteiger partial charge in [0.15, 0.2) is 0 Å². The summed E-state index contributed by atoms with van der Waals surface area (Å²) in [7, 11) is 0. The van der Waals surface area contributed by atoms with Gasteiger partial charge in [0.1, 0.15) is 11.0 Å². The quantitative estimate of drug-likeness (QED) is 0.716. The molecule has 6 heteroatoms. The van der Waals surface area contributed by atoms with E-state index in [-0.39, 0.29) is 0 Å². The van der Waals surface area contributed by atoms with Gasteiger partial charge in [-0.25, -0.2) is 4.98 Å². The van der Waals surface area contributed by atoms with Crippen LogP contribution in [-0.2, 0) is 0 Å². The SMILES string of the molecule is CC1SCCN(c2nc(Cl)c(Cl)cc2Cl)C1C. The summed E-state index contributed by atoms with van der Waals surface area (Å²) in [6, 6.07) is 2.04. The second-order valence-corrected chi connectivity index (χ2v) is 6.73. The summed E-state index contributed by atoms with van der Waals surface area (Å²) < 4.78 is 0. The van der Waals surface area contributed by atoms with Crippen molar-refractivity contribution in [2.45, 2.75) is 25.1 Å². The predicted molar refractivity (Wildman–Crippen MR) is 78.0 cm³/mol. The van der Waals surface area contributed by atoms with Gasteiger partial charge in [-0.3, -0.25) is 0 Å². The third-order valence-corrected chi connectivity index (χ3v) is 5.31. The third kappa shape index (κ3) is 2.78. The molecule has 1 aliphatic heterocycles. The van der Waals surface area contributed by atoms with Gasteiger partial charge in [0, 0.05) is 23.6 Å². The standard InChI is InChI=1S/C11H13Cl3N2S/c1-6-7(2)17-4-3-16(6)11-9(13)5-8(12)10(14)15-11/h5-7H,3-4H2,1-2H3. The van der Waals surface area contributed by atoms with Crippen molar-refractivity contribution in [1.82, 2.24) is 4.98 Å². The van der Waals surface area contributed by atoms with E-state index in [0.717, 1.165) is 18.1 Å². The van der Waals surface area contributed by atoms with Gasteiger partial charge in [-0.15, -0.1) is 0 Å². The Morgan fingerprint density at radius 3 is 2.71 bits per heavy atom. The van der Waals surface area contributed by atoms with Gasteiger partial charge < -0.3 is 4.90 Å². The van der Waals surface area contributed by atoms with E-state index in [1.54, 1.807) is 6.07 Å². The predicted octanol–water partition coefficient (Wildman–Crippen LogP) is 4.37. The van der Waals surface area contributed by atoms with E-state index in [4.69, 9.17) is 34.8 Å². The van der Waals surface area contributed by atoms with Gasteiger partial charge in [-0.2, -0.15) is 11.8 Å². The van der Waals surface area contributed by atoms with Crippen molar-refractivity contribution in [1.29, 1.82) is 0 Å². The smallest absolute Gasteiger partial charge is 0.150 e. The van der Waals surface area contributed by atoms with Gasteiger partial charge in [0.05, 0.1) is 10.0 Å². The fourth-order valence-electron chi connectivity index (χ4n) is 1.87. The lowest BCUT2D eigenvalue weighted by Gasteiger charge is -2.38. The first kappa shape index (κ1) is 13.6. The molecule has 94 valence electrons. The molecule has 1 fully saturated rings. The van der Waals surface area contributed by atoms with Crippen molar-refractivity contribution in [2.75, 3.05) is 17.2 Å². The van der Waals surface area contributed by atoms with E-state index in [1.807, 2.05) is 11.8 Å². The molecule has 0 radical (unpaired) electrons. The molecule has 0 saturated carbocycles. The zero-order valence-electron chi connectivity index (χ0n) is 9.58. The Balaban J connectivity index is 2.36. The average molecular weight is 312 g/mol. The largest absolute Gasteiger partial charge is 0.351 e. The Bertz CT molecular complexity index is 427. The Morgan fingerprint density at radius 1 is 1.29 bits per heavy atom. The summed E-state index contributed by atoms with van der Waals surface area (Å²) in [4.78, 5) is 6.50. The van der Waals surface area contributed by atoms with Crippen LogP contribution >= 0.6 is 46.6 Å². The van der Waals surface area contributed by atoms with Crippen molar-refractivity contribution >= 4 is 52.4 Å². The molecule has 2 heterocycles. The molecule has 0 N–H and O–H groups in total. The highest BCUT2D eigenvalue weighted by Crippen LogP contribution is 2.35. The summed E-state index contributed by atoms with van der Waals surface area (Å²) in [6.45, 7) is 5.32. The van der Waals surface area contributed by atoms with Gasteiger partial charge in [-0.1, -0.05) is 41.7 Å². The van der Waals surface area contributed by atoms with Crippen molar-refractivity contribution in [2.24, 2.45) is 0 Å². The van der Waals surface area contributed by atoms with Crippen LogP contribution in [0.1, 0.15) is 13.8 Å². The highest BCUT2D eigenvalue weighted by atomic mass is 35.5. The van der Waals surface area contributed by atoms with Crippen molar-refractivity contribution < 1.29 is 0 Å². The van der Waals surface area contributed by atoms with Crippen LogP contribution in [0.5, 0.6) is 0 Å². The van der Waals surface area contributed by atoms with E-state index in [1.165, 1.54) is 0 Å². The minimum Gasteiger partial charge on any atom is -0.351 e. The topological polar surface area (TPSA) is 16.1 Å². The molecule has 0 bridgehead atoms. The van der Waals surface area contributed by atoms with E-state index >= 15 is 0 Å². The molecular formula is C11H13Cl3N2S. The van der Waals surface area contributed by atoms with Crippen LogP contribution in [0.4, 0.5) is 5.82 Å². The number of rotatable bonds is 1. The highest BCUT2D eigenvalue weighted by molar-refractivity contribution is 8.00. The first-order chi connectivity index (χ1) is 8.00. The first-order valence-electron chi connectivity index (χ1n) is 5.40. The van der Waals surface area contributed by atoms with Crippen molar-refractivity contribution in [3.05, 3.63) is 21.3 Å². The van der Waals surface area contributed by atoms with Crippen molar-refractivity contribution in [3.63, 3.8) is 0 Å². The van der Waals surface area contributed by atoms with E-state index in [9.17, 15) is 0 Å². The molecule has 0 amide bonds. The Kier molecular flexibility index (Phi) is 4.35. The third-order valence-electron chi connectivity index (χ3n) is 3.02. The zero-order valence-corrected chi connectivity index (χ0v) is 12.7. The Hall–Kier alpha value is 0.170. The number of hydrogen-bond donors (Lipinski definition) is 0. The maximum Gasteiger partial charge on any atom is 0.150 e. The Labute approximate surface area is 121 Å². The summed E-state index contributed by atoms with van der Waals surface area (Å²) in [5.41, 5.74) is 0. The van der Waals surface area contributed by atoms with Crippen LogP contribution in [0.3, 0.4) is 0 Å². The van der Waals surface area contributed by atoms with Crippen LogP contribution in [0.25, 0.3) is 0 Å². The summed E-state index contributed by atoms with van der Waals surface area (Å²) in [6.07, 6.45) is 0. The number of nitrogens with zero attached hydrogens (tertiary/aromatic N) is 2. The molecule has 0 aromatic carbocycles. The lowest BCUT2D eigenvalue weighted by molar-refractivity contribution is 0.620. The maximum atomic E-state index is 6.19. The van der Waals surface area contributed by atoms with Gasteiger partial charge >= 0.3 is 0 Å². The molecule has 1 aromatic heterocycles. The summed E-state index contributed by atoms with van der Waals surface area (Å²) in [5.74, 6) is 1.81. The lowest BCUT2D eigenvalue weighted by Crippen LogP contribution is -2.45. The highest BCUT2D eigenvalue weighted by Gasteiger charge is 2.28. The second-order valence-electron chi connectivity index (χ2n) is 4.08. The number of anilines is 1. The molecule has 0 spiro atoms. The number of hydrogen-bond acceptors (Lipinski definition) is 3. The molecule has 17 heavy (non-hydrogen) atoms. The molecule has 1 aromatic rings. The average Bonchev–Trinajstić information content (AvgIpc) is 2.28. The molecule has 2 rings (SSSR count). The monoisotopic (exact) mass is 310 g/mol. The maximum absolute atomic E-state index is 6.19. The van der Waals surface area contributed by atoms with Crippen LogP contribution in [-0.4, -0.2) is 28.6 Å². The first-order valence-corrected chi connectivity index (χ1v) is 7.58. The van der Waals surface area contributed by atoms with Gasteiger partial charge in [0.25, 0.3) is 0 Å². The molecule has 0 aliphatic carbocycles. The van der Waals surface area contributed by atoms with E-state index < -0.39 is 0 Å². The lowest BCUT2D eigenvalue weighted by atomic mass is 10.2. The van der Waals surface area contributed by atoms with Gasteiger partial charge in [0.2, 0.25) is 0 Å². The van der Waals surface area contributed by atoms with Crippen LogP contribution in [0.2, 0.25) is 15.2 Å². The molecule has 2 unspecified atom stereocenters. The van der Waals surface area contributed by atoms with Crippen LogP contribution < -0.4 is 4.90 Å². The minimum absolute atomic E-state index is 0.309. The molecular weight excluding hydrogens is 299 g/mol.